The summed E-state index contributed by atoms with van der Waals surface area (Å²) in [5.74, 6) is 0.0121. The molecule has 0 aliphatic rings. The fraction of sp³-hybridized carbons (Fsp3) is 0.538. The van der Waals surface area contributed by atoms with Gasteiger partial charge in [-0.3, -0.25) is 0 Å². The lowest BCUT2D eigenvalue weighted by molar-refractivity contribution is 0.0907. The molecule has 1 rings (SSSR count). The minimum atomic E-state index is -3.27. The first-order valence-corrected chi connectivity index (χ1v) is 8.51. The summed E-state index contributed by atoms with van der Waals surface area (Å²) in [7, 11) is -1.68. The smallest absolute Gasteiger partial charge is 0.216 e. The summed E-state index contributed by atoms with van der Waals surface area (Å²) >= 11 is 3.35. The van der Waals surface area contributed by atoms with Gasteiger partial charge >= 0.3 is 0 Å². The zero-order valence-corrected chi connectivity index (χ0v) is 13.9. The molecule has 108 valence electrons. The molecule has 0 aromatic heterocycles. The maximum atomic E-state index is 12.0. The molecule has 0 fully saturated rings. The topological polar surface area (TPSA) is 46.6 Å². The molecule has 0 bridgehead atoms. The molecule has 1 aromatic carbocycles. The third-order valence-electron chi connectivity index (χ3n) is 2.59. The number of benzene rings is 1. The second kappa shape index (κ2) is 7.38. The number of sulfonamides is 1. The van der Waals surface area contributed by atoms with Crippen molar-refractivity contribution in [2.24, 2.45) is 0 Å². The van der Waals surface area contributed by atoms with E-state index in [0.29, 0.717) is 6.54 Å². The first-order chi connectivity index (χ1) is 8.81. The summed E-state index contributed by atoms with van der Waals surface area (Å²) in [5, 5.41) is 0. The van der Waals surface area contributed by atoms with Gasteiger partial charge in [0.25, 0.3) is 0 Å². The van der Waals surface area contributed by atoms with Crippen LogP contribution in [0.15, 0.2) is 28.7 Å². The van der Waals surface area contributed by atoms with Gasteiger partial charge in [0.15, 0.2) is 0 Å². The van der Waals surface area contributed by atoms with Crippen LogP contribution in [0.25, 0.3) is 0 Å². The van der Waals surface area contributed by atoms with E-state index in [2.05, 4.69) is 15.9 Å². The van der Waals surface area contributed by atoms with Gasteiger partial charge in [0.1, 0.15) is 0 Å². The van der Waals surface area contributed by atoms with Crippen molar-refractivity contribution in [2.75, 3.05) is 19.4 Å². The first-order valence-electron chi connectivity index (χ1n) is 6.11. The molecule has 0 saturated carbocycles. The summed E-state index contributed by atoms with van der Waals surface area (Å²) in [6.07, 6.45) is 0.0481. The molecule has 0 amide bonds. The third-order valence-corrected chi connectivity index (χ3v) is 4.88. The Morgan fingerprint density at radius 2 is 1.84 bits per heavy atom. The van der Waals surface area contributed by atoms with Gasteiger partial charge in [-0.1, -0.05) is 28.1 Å². The molecule has 4 nitrogen and oxygen atoms in total. The maximum Gasteiger partial charge on any atom is 0.216 e. The minimum absolute atomic E-state index is 0.0121. The number of nitrogens with zero attached hydrogens (tertiary/aromatic N) is 1. The van der Waals surface area contributed by atoms with Crippen LogP contribution in [0.2, 0.25) is 0 Å². The summed E-state index contributed by atoms with van der Waals surface area (Å²) in [6, 6.07) is 7.61. The molecule has 0 heterocycles. The van der Waals surface area contributed by atoms with Gasteiger partial charge in [-0.2, -0.15) is 0 Å². The van der Waals surface area contributed by atoms with Gasteiger partial charge in [-0.05, 0) is 31.5 Å². The largest absolute Gasteiger partial charge is 0.378 e. The quantitative estimate of drug-likeness (QED) is 0.760. The molecular formula is C13H20BrNO3S. The van der Waals surface area contributed by atoms with Crippen molar-refractivity contribution < 1.29 is 13.2 Å². The van der Waals surface area contributed by atoms with Crippen LogP contribution in [0.5, 0.6) is 0 Å². The highest BCUT2D eigenvalue weighted by molar-refractivity contribution is 9.10. The predicted molar refractivity (Wildman–Crippen MR) is 80.5 cm³/mol. The van der Waals surface area contributed by atoms with E-state index >= 15 is 0 Å². The zero-order valence-electron chi connectivity index (χ0n) is 11.5. The van der Waals surface area contributed by atoms with Crippen molar-refractivity contribution >= 4 is 26.0 Å². The monoisotopic (exact) mass is 349 g/mol. The lowest BCUT2D eigenvalue weighted by Gasteiger charge is -2.17. The predicted octanol–water partition coefficient (Wildman–Crippen LogP) is 2.64. The van der Waals surface area contributed by atoms with Crippen LogP contribution in [-0.4, -0.2) is 38.2 Å². The molecule has 0 aliphatic carbocycles. The van der Waals surface area contributed by atoms with Crippen molar-refractivity contribution in [3.05, 3.63) is 34.3 Å². The lowest BCUT2D eigenvalue weighted by Crippen LogP contribution is -2.31. The summed E-state index contributed by atoms with van der Waals surface area (Å²) in [4.78, 5) is 0. The van der Waals surface area contributed by atoms with Crippen molar-refractivity contribution in [1.82, 2.24) is 4.31 Å². The highest BCUT2D eigenvalue weighted by atomic mass is 79.9. The zero-order chi connectivity index (χ0) is 14.5. The SMILES string of the molecule is CC(C)OCCS(=O)(=O)N(C)Cc1ccc(Br)cc1. The van der Waals surface area contributed by atoms with Gasteiger partial charge in [-0.25, -0.2) is 12.7 Å². The number of hydrogen-bond acceptors (Lipinski definition) is 3. The van der Waals surface area contributed by atoms with Crippen LogP contribution >= 0.6 is 15.9 Å². The van der Waals surface area contributed by atoms with Crippen LogP contribution in [0.1, 0.15) is 19.4 Å². The Hall–Kier alpha value is -0.430. The summed E-state index contributed by atoms with van der Waals surface area (Å²) in [6.45, 7) is 4.37. The molecule has 0 aliphatic heterocycles. The van der Waals surface area contributed by atoms with E-state index in [1.54, 1.807) is 7.05 Å². The number of rotatable bonds is 7. The van der Waals surface area contributed by atoms with E-state index in [4.69, 9.17) is 4.74 Å². The van der Waals surface area contributed by atoms with Crippen molar-refractivity contribution in [2.45, 2.75) is 26.5 Å². The van der Waals surface area contributed by atoms with E-state index in [1.165, 1.54) is 4.31 Å². The minimum Gasteiger partial charge on any atom is -0.378 e. The Morgan fingerprint density at radius 1 is 1.26 bits per heavy atom. The Bertz CT molecular complexity index is 485. The molecule has 0 spiro atoms. The average Bonchev–Trinajstić information content (AvgIpc) is 2.31. The van der Waals surface area contributed by atoms with E-state index in [1.807, 2.05) is 38.1 Å². The molecule has 0 saturated heterocycles. The van der Waals surface area contributed by atoms with E-state index in [9.17, 15) is 8.42 Å². The van der Waals surface area contributed by atoms with E-state index < -0.39 is 10.0 Å². The first kappa shape index (κ1) is 16.6. The number of hydrogen-bond donors (Lipinski definition) is 0. The standard InChI is InChI=1S/C13H20BrNO3S/c1-11(2)18-8-9-19(16,17)15(3)10-12-4-6-13(14)7-5-12/h4-7,11H,8-10H2,1-3H3. The Kier molecular flexibility index (Phi) is 6.46. The summed E-state index contributed by atoms with van der Waals surface area (Å²) in [5.41, 5.74) is 0.957. The maximum absolute atomic E-state index is 12.0. The van der Waals surface area contributed by atoms with Crippen LogP contribution in [0.3, 0.4) is 0 Å². The molecule has 0 atom stereocenters. The fourth-order valence-electron chi connectivity index (χ4n) is 1.49. The normalized spacial score (nSPS) is 12.3. The van der Waals surface area contributed by atoms with Gasteiger partial charge in [0.2, 0.25) is 10.0 Å². The molecule has 0 unspecified atom stereocenters. The highest BCUT2D eigenvalue weighted by Gasteiger charge is 2.18. The van der Waals surface area contributed by atoms with Crippen LogP contribution < -0.4 is 0 Å². The van der Waals surface area contributed by atoms with Crippen LogP contribution in [-0.2, 0) is 21.3 Å². The van der Waals surface area contributed by atoms with Crippen molar-refractivity contribution in [3.63, 3.8) is 0 Å². The van der Waals surface area contributed by atoms with Crippen molar-refractivity contribution in [1.29, 1.82) is 0 Å². The number of ether oxygens (including phenoxy) is 1. The molecule has 0 radical (unpaired) electrons. The highest BCUT2D eigenvalue weighted by Crippen LogP contribution is 2.13. The third kappa shape index (κ3) is 6.03. The Labute approximate surface area is 123 Å². The molecule has 0 N–H and O–H groups in total. The second-order valence-corrected chi connectivity index (χ2v) is 7.73. The lowest BCUT2D eigenvalue weighted by atomic mass is 10.2. The van der Waals surface area contributed by atoms with Gasteiger partial charge in [0.05, 0.1) is 18.5 Å². The van der Waals surface area contributed by atoms with Crippen LogP contribution in [0.4, 0.5) is 0 Å². The Morgan fingerprint density at radius 3 is 2.37 bits per heavy atom. The van der Waals surface area contributed by atoms with Crippen molar-refractivity contribution in [3.8, 4) is 0 Å². The second-order valence-electron chi connectivity index (χ2n) is 4.62. The van der Waals surface area contributed by atoms with E-state index in [-0.39, 0.29) is 18.5 Å². The average molecular weight is 350 g/mol. The number of halogens is 1. The molecule has 6 heteroatoms. The van der Waals surface area contributed by atoms with Gasteiger partial charge in [-0.15, -0.1) is 0 Å². The van der Waals surface area contributed by atoms with E-state index in [0.717, 1.165) is 10.0 Å². The molecular weight excluding hydrogens is 330 g/mol. The molecule has 19 heavy (non-hydrogen) atoms. The fourth-order valence-corrected chi connectivity index (χ4v) is 2.72. The summed E-state index contributed by atoms with van der Waals surface area (Å²) < 4.78 is 31.7. The Balaban J connectivity index is 2.55. The van der Waals surface area contributed by atoms with Gasteiger partial charge < -0.3 is 4.74 Å². The molecule has 1 aromatic rings. The van der Waals surface area contributed by atoms with Gasteiger partial charge in [0, 0.05) is 18.1 Å². The van der Waals surface area contributed by atoms with Crippen LogP contribution in [0, 0.1) is 0 Å².